The first-order valence-electron chi connectivity index (χ1n) is 12.1. The molecule has 2 heterocycles. The van der Waals surface area contributed by atoms with E-state index in [-0.39, 0.29) is 16.5 Å². The van der Waals surface area contributed by atoms with Crippen LogP contribution in [0.5, 0.6) is 11.6 Å². The molecule has 0 saturated carbocycles. The quantitative estimate of drug-likeness (QED) is 0.182. The Morgan fingerprint density at radius 3 is 2.48 bits per heavy atom. The molecular weight excluding hydrogens is 543 g/mol. The van der Waals surface area contributed by atoms with Crippen LogP contribution in [0.3, 0.4) is 0 Å². The summed E-state index contributed by atoms with van der Waals surface area (Å²) in [5.74, 6) is -2.43. The number of amides is 1. The van der Waals surface area contributed by atoms with Crippen LogP contribution in [0.2, 0.25) is 0 Å². The number of hydrogen-bond acceptors (Lipinski definition) is 9. The van der Waals surface area contributed by atoms with Gasteiger partial charge in [0, 0.05) is 24.0 Å². The molecule has 0 aliphatic carbocycles. The van der Waals surface area contributed by atoms with Gasteiger partial charge in [-0.2, -0.15) is 0 Å². The number of ether oxygens (including phenoxy) is 3. The fraction of sp³-hybridized carbons (Fsp3) is 0.259. The van der Waals surface area contributed by atoms with Gasteiger partial charge in [-0.25, -0.2) is 23.5 Å². The smallest absolute Gasteiger partial charge is 0.357 e. The van der Waals surface area contributed by atoms with E-state index in [2.05, 4.69) is 20.0 Å². The fourth-order valence-corrected chi connectivity index (χ4v) is 4.77. The molecule has 4 aromatic rings. The van der Waals surface area contributed by atoms with Crippen molar-refractivity contribution in [3.05, 3.63) is 81.5 Å². The van der Waals surface area contributed by atoms with Crippen molar-refractivity contribution in [2.75, 3.05) is 32.8 Å². The second-order valence-corrected chi connectivity index (χ2v) is 9.53. The summed E-state index contributed by atoms with van der Waals surface area (Å²) in [4.78, 5) is 45.3. The Hall–Kier alpha value is -4.49. The third-order valence-corrected chi connectivity index (χ3v) is 6.90. The summed E-state index contributed by atoms with van der Waals surface area (Å²) in [6.45, 7) is 2.44. The van der Waals surface area contributed by atoms with Crippen molar-refractivity contribution in [1.82, 2.24) is 14.5 Å². The van der Waals surface area contributed by atoms with Crippen molar-refractivity contribution in [2.24, 2.45) is 0 Å². The van der Waals surface area contributed by atoms with Gasteiger partial charge in [0.05, 0.1) is 13.7 Å². The van der Waals surface area contributed by atoms with Crippen molar-refractivity contribution in [3.8, 4) is 22.9 Å². The van der Waals surface area contributed by atoms with E-state index >= 15 is 0 Å². The summed E-state index contributed by atoms with van der Waals surface area (Å²) >= 11 is 0.992. The highest BCUT2D eigenvalue weighted by Crippen LogP contribution is 2.36. The Labute approximate surface area is 232 Å². The summed E-state index contributed by atoms with van der Waals surface area (Å²) in [6.07, 6.45) is 0. The molecule has 2 atom stereocenters. The van der Waals surface area contributed by atoms with E-state index in [1.807, 2.05) is 0 Å². The summed E-state index contributed by atoms with van der Waals surface area (Å²) < 4.78 is 29.7. The largest absolute Gasteiger partial charge is 0.493 e. The zero-order chi connectivity index (χ0) is 28.8. The molecule has 0 saturated heterocycles. The molecule has 11 nitrogen and oxygen atoms in total. The van der Waals surface area contributed by atoms with Crippen LogP contribution in [0.1, 0.15) is 34.9 Å². The molecule has 4 rings (SSSR count). The number of aromatic amines is 1. The van der Waals surface area contributed by atoms with E-state index in [1.165, 1.54) is 36.8 Å². The van der Waals surface area contributed by atoms with Crippen LogP contribution in [0.15, 0.2) is 58.7 Å². The van der Waals surface area contributed by atoms with Gasteiger partial charge in [0.1, 0.15) is 29.9 Å². The molecule has 2 aromatic heterocycles. The van der Waals surface area contributed by atoms with Crippen LogP contribution in [-0.2, 0) is 14.3 Å². The lowest BCUT2D eigenvalue weighted by atomic mass is 9.92. The van der Waals surface area contributed by atoms with Crippen LogP contribution in [0.4, 0.5) is 9.52 Å². The number of imidazole rings is 1. The van der Waals surface area contributed by atoms with Gasteiger partial charge in [-0.05, 0) is 42.0 Å². The second-order valence-electron chi connectivity index (χ2n) is 8.67. The van der Waals surface area contributed by atoms with E-state index in [4.69, 9.17) is 9.47 Å². The van der Waals surface area contributed by atoms with Crippen LogP contribution in [-0.4, -0.2) is 59.0 Å². The number of anilines is 1. The maximum atomic E-state index is 13.6. The molecule has 0 fully saturated rings. The highest BCUT2D eigenvalue weighted by molar-refractivity contribution is 7.14. The number of thiazole rings is 1. The molecule has 0 radical (unpaired) electrons. The molecule has 0 bridgehead atoms. The van der Waals surface area contributed by atoms with Gasteiger partial charge < -0.3 is 29.6 Å². The molecule has 0 aliphatic rings. The van der Waals surface area contributed by atoms with Crippen molar-refractivity contribution in [2.45, 2.75) is 18.9 Å². The van der Waals surface area contributed by atoms with Gasteiger partial charge in [0.25, 0.3) is 0 Å². The number of H-pyrrole nitrogens is 1. The van der Waals surface area contributed by atoms with E-state index in [0.29, 0.717) is 30.1 Å². The van der Waals surface area contributed by atoms with Crippen LogP contribution < -0.4 is 15.7 Å². The van der Waals surface area contributed by atoms with E-state index < -0.39 is 41.2 Å². The maximum absolute atomic E-state index is 13.6. The number of aromatic hydroxyl groups is 1. The number of esters is 1. The standard InChI is InChI=1S/C27H27FN4O7S/c1-15(16-4-8-18(28)9-5-16)22(23(33)31-26-29-20(14-40-26)25(35)38-3)32-24(34)21(30-27(32)36)17-6-10-19(11-7-17)39-13-12-37-2/h4-11,14-15,22,34H,12-13H2,1-3H3,(H,30,36)(H,29,31,33)/t15-,22-/m0/s1. The topological polar surface area (TPSA) is 145 Å². The van der Waals surface area contributed by atoms with Gasteiger partial charge in [-0.15, -0.1) is 11.3 Å². The number of carbonyl (C=O) groups excluding carboxylic acids is 2. The number of nitrogens with zero attached hydrogens (tertiary/aromatic N) is 2. The van der Waals surface area contributed by atoms with Gasteiger partial charge in [-0.3, -0.25) is 4.79 Å². The Morgan fingerprint density at radius 1 is 1.12 bits per heavy atom. The minimum Gasteiger partial charge on any atom is -0.493 e. The van der Waals surface area contributed by atoms with Crippen molar-refractivity contribution >= 4 is 28.3 Å². The molecule has 3 N–H and O–H groups in total. The number of benzene rings is 2. The highest BCUT2D eigenvalue weighted by atomic mass is 32.1. The van der Waals surface area contributed by atoms with Crippen molar-refractivity contribution in [1.29, 1.82) is 0 Å². The molecule has 13 heteroatoms. The lowest BCUT2D eigenvalue weighted by Gasteiger charge is -2.24. The van der Waals surface area contributed by atoms with Crippen LogP contribution in [0.25, 0.3) is 11.3 Å². The Balaban J connectivity index is 1.70. The Morgan fingerprint density at radius 2 is 1.82 bits per heavy atom. The average Bonchev–Trinajstić information content (AvgIpc) is 3.53. The molecule has 1 amide bonds. The zero-order valence-corrected chi connectivity index (χ0v) is 22.7. The van der Waals surface area contributed by atoms with E-state index in [9.17, 15) is 23.9 Å². The SMILES string of the molecule is COCCOc1ccc(-c2[nH]c(=O)n([C@H](C(=O)Nc3nc(C(=O)OC)cs3)[C@@H](C)c3ccc(F)cc3)c2O)cc1. The normalized spacial score (nSPS) is 12.5. The predicted octanol–water partition coefficient (Wildman–Crippen LogP) is 3.94. The Bertz CT molecular complexity index is 1530. The number of rotatable bonds is 11. The monoisotopic (exact) mass is 570 g/mol. The number of hydrogen-bond donors (Lipinski definition) is 3. The third-order valence-electron chi connectivity index (χ3n) is 6.15. The van der Waals surface area contributed by atoms with Gasteiger partial charge in [-0.1, -0.05) is 19.1 Å². The number of methoxy groups -OCH3 is 2. The molecule has 0 unspecified atom stereocenters. The molecule has 210 valence electrons. The highest BCUT2D eigenvalue weighted by Gasteiger charge is 2.34. The van der Waals surface area contributed by atoms with Gasteiger partial charge in [0.2, 0.25) is 11.8 Å². The van der Waals surface area contributed by atoms with Crippen molar-refractivity contribution < 1.29 is 33.3 Å². The zero-order valence-electron chi connectivity index (χ0n) is 21.8. The van der Waals surface area contributed by atoms with E-state index in [0.717, 1.165) is 15.9 Å². The van der Waals surface area contributed by atoms with Crippen LogP contribution in [0, 0.1) is 5.82 Å². The number of nitrogens with one attached hydrogen (secondary N) is 2. The summed E-state index contributed by atoms with van der Waals surface area (Å²) in [7, 11) is 2.78. The first kappa shape index (κ1) is 28.5. The Kier molecular flexibility index (Phi) is 8.97. The van der Waals surface area contributed by atoms with Crippen molar-refractivity contribution in [3.63, 3.8) is 0 Å². The number of aromatic nitrogens is 3. The molecule has 40 heavy (non-hydrogen) atoms. The molecule has 0 aliphatic heterocycles. The predicted molar refractivity (Wildman–Crippen MR) is 145 cm³/mol. The van der Waals surface area contributed by atoms with Gasteiger partial charge >= 0.3 is 11.7 Å². The minimum atomic E-state index is -1.29. The maximum Gasteiger partial charge on any atom is 0.357 e. The fourth-order valence-electron chi connectivity index (χ4n) is 4.09. The summed E-state index contributed by atoms with van der Waals surface area (Å²) in [5, 5.41) is 15.3. The molecular formula is C27H27FN4O7S. The van der Waals surface area contributed by atoms with E-state index in [1.54, 1.807) is 38.3 Å². The number of carbonyl (C=O) groups is 2. The number of halogens is 1. The average molecular weight is 571 g/mol. The lowest BCUT2D eigenvalue weighted by molar-refractivity contribution is -0.120. The van der Waals surface area contributed by atoms with Gasteiger partial charge in [0.15, 0.2) is 10.8 Å². The second kappa shape index (κ2) is 12.6. The summed E-state index contributed by atoms with van der Waals surface area (Å²) in [5.41, 5.74) is 0.381. The molecule has 0 spiro atoms. The first-order valence-corrected chi connectivity index (χ1v) is 13.0. The first-order chi connectivity index (χ1) is 19.2. The third kappa shape index (κ3) is 6.21. The minimum absolute atomic E-state index is 0.00419. The van der Waals surface area contributed by atoms with Crippen LogP contribution >= 0.6 is 11.3 Å². The lowest BCUT2D eigenvalue weighted by Crippen LogP contribution is -2.35. The summed E-state index contributed by atoms with van der Waals surface area (Å²) in [6, 6.07) is 10.8. The molecule has 2 aromatic carbocycles.